The second-order valence-corrected chi connectivity index (χ2v) is 5.31. The zero-order chi connectivity index (χ0) is 13.7. The second-order valence-electron chi connectivity index (χ2n) is 4.52. The van der Waals surface area contributed by atoms with E-state index in [4.69, 9.17) is 0 Å². The molecule has 0 amide bonds. The molecule has 0 unspecified atom stereocenters. The number of nitrogens with one attached hydrogen (secondary N) is 1. The summed E-state index contributed by atoms with van der Waals surface area (Å²) < 4.78 is 16.2. The average molecular weight is 325 g/mol. The Bertz CT molecular complexity index is 537. The first-order valence-corrected chi connectivity index (χ1v) is 7.29. The van der Waals surface area contributed by atoms with Crippen LogP contribution in [0.2, 0.25) is 0 Å². The van der Waals surface area contributed by atoms with Crippen molar-refractivity contribution in [1.29, 1.82) is 0 Å². The Labute approximate surface area is 121 Å². The molecule has 0 saturated carbocycles. The SMILES string of the molecule is CCCNCc1cccn1Cc1cccc(F)c1Br. The predicted molar refractivity (Wildman–Crippen MR) is 79.6 cm³/mol. The molecule has 4 heteroatoms. The van der Waals surface area contributed by atoms with Crippen molar-refractivity contribution < 1.29 is 4.39 Å². The number of benzene rings is 1. The van der Waals surface area contributed by atoms with Gasteiger partial charge in [-0.2, -0.15) is 0 Å². The fourth-order valence-corrected chi connectivity index (χ4v) is 2.40. The molecular weight excluding hydrogens is 307 g/mol. The van der Waals surface area contributed by atoms with Crippen molar-refractivity contribution in [2.75, 3.05) is 6.54 Å². The molecule has 0 atom stereocenters. The smallest absolute Gasteiger partial charge is 0.137 e. The van der Waals surface area contributed by atoms with Crippen molar-refractivity contribution in [2.45, 2.75) is 26.4 Å². The molecule has 2 rings (SSSR count). The van der Waals surface area contributed by atoms with Crippen molar-refractivity contribution in [3.8, 4) is 0 Å². The number of halogens is 2. The van der Waals surface area contributed by atoms with E-state index in [1.165, 1.54) is 11.8 Å². The summed E-state index contributed by atoms with van der Waals surface area (Å²) in [6, 6.07) is 9.27. The lowest BCUT2D eigenvalue weighted by Gasteiger charge is -2.11. The van der Waals surface area contributed by atoms with Crippen LogP contribution in [0.5, 0.6) is 0 Å². The molecule has 102 valence electrons. The van der Waals surface area contributed by atoms with E-state index in [9.17, 15) is 4.39 Å². The van der Waals surface area contributed by atoms with Gasteiger partial charge >= 0.3 is 0 Å². The zero-order valence-electron chi connectivity index (χ0n) is 11.0. The summed E-state index contributed by atoms with van der Waals surface area (Å²) in [6.07, 6.45) is 3.15. The fourth-order valence-electron chi connectivity index (χ4n) is 2.01. The number of nitrogens with zero attached hydrogens (tertiary/aromatic N) is 1. The summed E-state index contributed by atoms with van der Waals surface area (Å²) in [5.74, 6) is -0.213. The third kappa shape index (κ3) is 3.67. The first kappa shape index (κ1) is 14.3. The summed E-state index contributed by atoms with van der Waals surface area (Å²) in [6.45, 7) is 4.67. The summed E-state index contributed by atoms with van der Waals surface area (Å²) in [5.41, 5.74) is 2.16. The number of rotatable bonds is 6. The highest BCUT2D eigenvalue weighted by Gasteiger charge is 2.07. The lowest BCUT2D eigenvalue weighted by Crippen LogP contribution is -2.17. The molecule has 2 nitrogen and oxygen atoms in total. The number of hydrogen-bond donors (Lipinski definition) is 1. The van der Waals surface area contributed by atoms with E-state index < -0.39 is 0 Å². The third-order valence-electron chi connectivity index (χ3n) is 3.03. The molecule has 0 fully saturated rings. The van der Waals surface area contributed by atoms with Crippen molar-refractivity contribution in [2.24, 2.45) is 0 Å². The Morgan fingerprint density at radius 2 is 2.11 bits per heavy atom. The number of hydrogen-bond acceptors (Lipinski definition) is 1. The summed E-state index contributed by atoms with van der Waals surface area (Å²) >= 11 is 3.31. The molecule has 1 aromatic carbocycles. The van der Waals surface area contributed by atoms with E-state index in [0.717, 1.165) is 25.1 Å². The zero-order valence-corrected chi connectivity index (χ0v) is 12.6. The van der Waals surface area contributed by atoms with E-state index >= 15 is 0 Å². The normalized spacial score (nSPS) is 10.9. The predicted octanol–water partition coefficient (Wildman–Crippen LogP) is 3.94. The van der Waals surface area contributed by atoms with Gasteiger partial charge in [-0.15, -0.1) is 0 Å². The maximum absolute atomic E-state index is 13.5. The summed E-state index contributed by atoms with van der Waals surface area (Å²) in [5, 5.41) is 3.38. The van der Waals surface area contributed by atoms with Gasteiger partial charge in [0.25, 0.3) is 0 Å². The maximum atomic E-state index is 13.5. The van der Waals surface area contributed by atoms with Crippen LogP contribution in [0, 0.1) is 5.82 Å². The standard InChI is InChI=1S/C15H18BrFN2/c1-2-8-18-10-13-6-4-9-19(13)11-12-5-3-7-14(17)15(12)16/h3-7,9,18H,2,8,10-11H2,1H3. The van der Waals surface area contributed by atoms with Crippen LogP contribution in [0.1, 0.15) is 24.6 Å². The van der Waals surface area contributed by atoms with Crippen molar-refractivity contribution in [3.63, 3.8) is 0 Å². The Kier molecular flexibility index (Phi) is 5.16. The minimum atomic E-state index is -0.213. The van der Waals surface area contributed by atoms with Gasteiger partial charge < -0.3 is 9.88 Å². The molecule has 1 N–H and O–H groups in total. The van der Waals surface area contributed by atoms with Crippen molar-refractivity contribution in [3.05, 3.63) is 58.1 Å². The molecule has 0 bridgehead atoms. The van der Waals surface area contributed by atoms with Crippen LogP contribution >= 0.6 is 15.9 Å². The summed E-state index contributed by atoms with van der Waals surface area (Å²) in [4.78, 5) is 0. The van der Waals surface area contributed by atoms with Crippen LogP contribution < -0.4 is 5.32 Å². The summed E-state index contributed by atoms with van der Waals surface area (Å²) in [7, 11) is 0. The topological polar surface area (TPSA) is 17.0 Å². The van der Waals surface area contributed by atoms with Crippen molar-refractivity contribution in [1.82, 2.24) is 9.88 Å². The Balaban J connectivity index is 2.11. The first-order valence-electron chi connectivity index (χ1n) is 6.50. The molecule has 0 spiro atoms. The van der Waals surface area contributed by atoms with Gasteiger partial charge in [0.15, 0.2) is 0 Å². The largest absolute Gasteiger partial charge is 0.346 e. The molecular formula is C15H18BrFN2. The quantitative estimate of drug-likeness (QED) is 0.796. The molecule has 2 aromatic rings. The van der Waals surface area contributed by atoms with Gasteiger partial charge in [0.05, 0.1) is 4.47 Å². The van der Waals surface area contributed by atoms with Crippen LogP contribution in [-0.4, -0.2) is 11.1 Å². The van der Waals surface area contributed by atoms with E-state index in [2.05, 4.69) is 38.8 Å². The highest BCUT2D eigenvalue weighted by atomic mass is 79.9. The molecule has 19 heavy (non-hydrogen) atoms. The Hall–Kier alpha value is -1.13. The number of aromatic nitrogens is 1. The lowest BCUT2D eigenvalue weighted by atomic mass is 10.2. The molecule has 0 radical (unpaired) electrons. The highest BCUT2D eigenvalue weighted by molar-refractivity contribution is 9.10. The Morgan fingerprint density at radius 3 is 2.89 bits per heavy atom. The lowest BCUT2D eigenvalue weighted by molar-refractivity contribution is 0.609. The van der Waals surface area contributed by atoms with Crippen LogP contribution in [0.4, 0.5) is 4.39 Å². The molecule has 0 aliphatic rings. The van der Waals surface area contributed by atoms with E-state index in [1.54, 1.807) is 6.07 Å². The van der Waals surface area contributed by atoms with Gasteiger partial charge in [0, 0.05) is 25.0 Å². The van der Waals surface area contributed by atoms with Crippen LogP contribution in [0.3, 0.4) is 0 Å². The monoisotopic (exact) mass is 324 g/mol. The van der Waals surface area contributed by atoms with E-state index in [-0.39, 0.29) is 5.82 Å². The third-order valence-corrected chi connectivity index (χ3v) is 3.92. The molecule has 1 heterocycles. The fraction of sp³-hybridized carbons (Fsp3) is 0.333. The maximum Gasteiger partial charge on any atom is 0.137 e. The molecule has 0 saturated heterocycles. The molecule has 0 aliphatic carbocycles. The first-order chi connectivity index (χ1) is 9.22. The average Bonchev–Trinajstić information content (AvgIpc) is 2.83. The molecule has 0 aliphatic heterocycles. The van der Waals surface area contributed by atoms with Crippen LogP contribution in [-0.2, 0) is 13.1 Å². The Morgan fingerprint density at radius 1 is 1.26 bits per heavy atom. The molecule has 1 aromatic heterocycles. The second kappa shape index (κ2) is 6.87. The van der Waals surface area contributed by atoms with Gasteiger partial charge in [-0.3, -0.25) is 0 Å². The van der Waals surface area contributed by atoms with Crippen LogP contribution in [0.25, 0.3) is 0 Å². The van der Waals surface area contributed by atoms with Gasteiger partial charge in [-0.25, -0.2) is 4.39 Å². The van der Waals surface area contributed by atoms with Crippen LogP contribution in [0.15, 0.2) is 41.0 Å². The van der Waals surface area contributed by atoms with Gasteiger partial charge in [0.2, 0.25) is 0 Å². The van der Waals surface area contributed by atoms with Gasteiger partial charge in [-0.05, 0) is 52.7 Å². The van der Waals surface area contributed by atoms with Gasteiger partial charge in [0.1, 0.15) is 5.82 Å². The van der Waals surface area contributed by atoms with Gasteiger partial charge in [-0.1, -0.05) is 19.1 Å². The minimum Gasteiger partial charge on any atom is -0.346 e. The highest BCUT2D eigenvalue weighted by Crippen LogP contribution is 2.21. The van der Waals surface area contributed by atoms with E-state index in [0.29, 0.717) is 11.0 Å². The minimum absolute atomic E-state index is 0.213. The van der Waals surface area contributed by atoms with E-state index in [1.807, 2.05) is 18.3 Å². The van der Waals surface area contributed by atoms with Crippen molar-refractivity contribution >= 4 is 15.9 Å².